The van der Waals surface area contributed by atoms with Gasteiger partial charge in [-0.25, -0.2) is 4.39 Å². The first-order valence-electron chi connectivity index (χ1n) is 9.72. The molecule has 0 spiro atoms. The Morgan fingerprint density at radius 1 is 1.03 bits per heavy atom. The van der Waals surface area contributed by atoms with E-state index < -0.39 is 11.6 Å². The van der Waals surface area contributed by atoms with Crippen LogP contribution in [0.5, 0.6) is 11.5 Å². The number of ether oxygens (including phenoxy) is 2. The molecule has 30 heavy (non-hydrogen) atoms. The summed E-state index contributed by atoms with van der Waals surface area (Å²) in [6, 6.07) is 12.0. The first-order valence-corrected chi connectivity index (χ1v) is 9.72. The van der Waals surface area contributed by atoms with E-state index in [9.17, 15) is 14.0 Å². The molecule has 162 valence electrons. The van der Waals surface area contributed by atoms with Gasteiger partial charge in [-0.15, -0.1) is 0 Å². The predicted octanol–water partition coefficient (Wildman–Crippen LogP) is 3.55. The molecule has 0 heterocycles. The molecule has 7 heteroatoms. The number of hydrogen-bond donors (Lipinski definition) is 1. The van der Waals surface area contributed by atoms with Gasteiger partial charge >= 0.3 is 0 Å². The third-order valence-electron chi connectivity index (χ3n) is 4.35. The number of halogens is 1. The van der Waals surface area contributed by atoms with Crippen molar-refractivity contribution in [3.8, 4) is 11.5 Å². The Morgan fingerprint density at radius 2 is 1.60 bits per heavy atom. The number of hydrogen-bond acceptors (Lipinski definition) is 4. The minimum Gasteiger partial charge on any atom is -0.497 e. The molecule has 1 atom stereocenters. The van der Waals surface area contributed by atoms with Crippen LogP contribution in [0.15, 0.2) is 48.5 Å². The molecule has 0 radical (unpaired) electrons. The number of carbonyl (C=O) groups excluding carboxylic acids is 2. The average Bonchev–Trinajstić information content (AvgIpc) is 2.70. The van der Waals surface area contributed by atoms with Crippen LogP contribution in [-0.4, -0.2) is 42.0 Å². The van der Waals surface area contributed by atoms with Crippen LogP contribution in [0.25, 0.3) is 0 Å². The Labute approximate surface area is 177 Å². The fraction of sp³-hybridized carbons (Fsp3) is 0.391. The van der Waals surface area contributed by atoms with Crippen LogP contribution in [0.3, 0.4) is 0 Å². The molecule has 0 aliphatic carbocycles. The maximum atomic E-state index is 13.1. The highest BCUT2D eigenvalue weighted by Crippen LogP contribution is 2.16. The zero-order valence-corrected chi connectivity index (χ0v) is 18.1. The topological polar surface area (TPSA) is 67.9 Å². The van der Waals surface area contributed by atoms with Crippen LogP contribution in [0.4, 0.5) is 4.39 Å². The SMILES string of the molecule is COc1ccc(CN(C(=O)COc2ccc(F)cc2)[C@H](C)C(=O)NC(C)(C)C)cc1. The summed E-state index contributed by atoms with van der Waals surface area (Å²) in [5, 5.41) is 2.90. The zero-order valence-electron chi connectivity index (χ0n) is 18.1. The normalized spacial score (nSPS) is 12.1. The first-order chi connectivity index (χ1) is 14.1. The average molecular weight is 416 g/mol. The number of rotatable bonds is 8. The van der Waals surface area contributed by atoms with Crippen molar-refractivity contribution in [2.45, 2.75) is 45.8 Å². The Kier molecular flexibility index (Phi) is 7.80. The molecule has 0 saturated carbocycles. The maximum absolute atomic E-state index is 13.1. The fourth-order valence-electron chi connectivity index (χ4n) is 2.74. The van der Waals surface area contributed by atoms with E-state index in [1.807, 2.05) is 32.9 Å². The van der Waals surface area contributed by atoms with E-state index in [0.717, 1.165) is 5.56 Å². The second-order valence-electron chi connectivity index (χ2n) is 8.03. The van der Waals surface area contributed by atoms with Gasteiger partial charge in [0.15, 0.2) is 6.61 Å². The number of nitrogens with zero attached hydrogens (tertiary/aromatic N) is 1. The Hall–Kier alpha value is -3.09. The number of nitrogens with one attached hydrogen (secondary N) is 1. The highest BCUT2D eigenvalue weighted by molar-refractivity contribution is 5.88. The molecule has 0 saturated heterocycles. The minimum atomic E-state index is -0.712. The standard InChI is InChI=1S/C23H29FN2O4/c1-16(22(28)25-23(2,3)4)26(14-17-6-10-19(29-5)11-7-17)21(27)15-30-20-12-8-18(24)9-13-20/h6-13,16H,14-15H2,1-5H3,(H,25,28)/t16-/m1/s1. The van der Waals surface area contributed by atoms with Gasteiger partial charge in [-0.05, 0) is 69.7 Å². The summed E-state index contributed by atoms with van der Waals surface area (Å²) in [5.74, 6) is 0.0795. The van der Waals surface area contributed by atoms with Gasteiger partial charge in [0.25, 0.3) is 5.91 Å². The Bertz CT molecular complexity index is 845. The molecule has 0 aromatic heterocycles. The van der Waals surface area contributed by atoms with Gasteiger partial charge in [0.2, 0.25) is 5.91 Å². The van der Waals surface area contributed by atoms with Crippen molar-refractivity contribution in [3.63, 3.8) is 0 Å². The van der Waals surface area contributed by atoms with Crippen LogP contribution in [0, 0.1) is 5.82 Å². The monoisotopic (exact) mass is 416 g/mol. The van der Waals surface area contributed by atoms with Crippen molar-refractivity contribution in [3.05, 3.63) is 59.9 Å². The molecule has 2 amide bonds. The lowest BCUT2D eigenvalue weighted by Crippen LogP contribution is -2.53. The zero-order chi connectivity index (χ0) is 22.3. The molecule has 0 aliphatic heterocycles. The van der Waals surface area contributed by atoms with Gasteiger partial charge in [0.1, 0.15) is 23.4 Å². The van der Waals surface area contributed by atoms with E-state index in [1.54, 1.807) is 26.2 Å². The fourth-order valence-corrected chi connectivity index (χ4v) is 2.74. The summed E-state index contributed by atoms with van der Waals surface area (Å²) in [5.41, 5.74) is 0.423. The van der Waals surface area contributed by atoms with Gasteiger partial charge in [0.05, 0.1) is 7.11 Å². The van der Waals surface area contributed by atoms with Gasteiger partial charge in [-0.1, -0.05) is 12.1 Å². The molecule has 0 aliphatic rings. The molecule has 2 aromatic carbocycles. The van der Waals surface area contributed by atoms with Gasteiger partial charge in [-0.2, -0.15) is 0 Å². The van der Waals surface area contributed by atoms with Crippen LogP contribution in [0.1, 0.15) is 33.3 Å². The lowest BCUT2D eigenvalue weighted by molar-refractivity contribution is -0.142. The predicted molar refractivity (Wildman–Crippen MR) is 113 cm³/mol. The van der Waals surface area contributed by atoms with Crippen molar-refractivity contribution >= 4 is 11.8 Å². The molecular weight excluding hydrogens is 387 g/mol. The van der Waals surface area contributed by atoms with E-state index in [-0.39, 0.29) is 30.8 Å². The first kappa shape index (κ1) is 23.2. The Balaban J connectivity index is 2.16. The molecule has 1 N–H and O–H groups in total. The van der Waals surface area contributed by atoms with Crippen LogP contribution in [0.2, 0.25) is 0 Å². The molecule has 2 aromatic rings. The molecule has 0 fully saturated rings. The summed E-state index contributed by atoms with van der Waals surface area (Å²) in [4.78, 5) is 27.1. The molecule has 2 rings (SSSR count). The largest absolute Gasteiger partial charge is 0.497 e. The minimum absolute atomic E-state index is 0.230. The summed E-state index contributed by atoms with van der Waals surface area (Å²) in [6.45, 7) is 7.28. The lowest BCUT2D eigenvalue weighted by Gasteiger charge is -2.31. The van der Waals surface area contributed by atoms with E-state index in [1.165, 1.54) is 29.2 Å². The van der Waals surface area contributed by atoms with Crippen LogP contribution in [-0.2, 0) is 16.1 Å². The van der Waals surface area contributed by atoms with Crippen LogP contribution >= 0.6 is 0 Å². The number of methoxy groups -OCH3 is 1. The van der Waals surface area contributed by atoms with Gasteiger partial charge in [-0.3, -0.25) is 9.59 Å². The highest BCUT2D eigenvalue weighted by Gasteiger charge is 2.28. The van der Waals surface area contributed by atoms with Crippen molar-refractivity contribution in [2.24, 2.45) is 0 Å². The molecule has 0 bridgehead atoms. The van der Waals surface area contributed by atoms with Crippen molar-refractivity contribution < 1.29 is 23.5 Å². The third kappa shape index (κ3) is 7.06. The van der Waals surface area contributed by atoms with Gasteiger partial charge < -0.3 is 19.7 Å². The van der Waals surface area contributed by atoms with Crippen molar-refractivity contribution in [2.75, 3.05) is 13.7 Å². The van der Waals surface area contributed by atoms with E-state index in [4.69, 9.17) is 9.47 Å². The second-order valence-corrected chi connectivity index (χ2v) is 8.03. The highest BCUT2D eigenvalue weighted by atomic mass is 19.1. The second kappa shape index (κ2) is 10.1. The molecule has 0 unspecified atom stereocenters. The third-order valence-corrected chi connectivity index (χ3v) is 4.35. The van der Waals surface area contributed by atoms with Crippen molar-refractivity contribution in [1.82, 2.24) is 10.2 Å². The van der Waals surface area contributed by atoms with Crippen molar-refractivity contribution in [1.29, 1.82) is 0 Å². The maximum Gasteiger partial charge on any atom is 0.261 e. The number of amides is 2. The smallest absolute Gasteiger partial charge is 0.261 e. The van der Waals surface area contributed by atoms with Crippen LogP contribution < -0.4 is 14.8 Å². The molecular formula is C23H29FN2O4. The molecule has 6 nitrogen and oxygen atoms in total. The quantitative estimate of drug-likeness (QED) is 0.715. The van der Waals surface area contributed by atoms with Gasteiger partial charge in [0, 0.05) is 12.1 Å². The lowest BCUT2D eigenvalue weighted by atomic mass is 10.1. The number of carbonyl (C=O) groups is 2. The summed E-state index contributed by atoms with van der Waals surface area (Å²) < 4.78 is 23.7. The van der Waals surface area contributed by atoms with E-state index in [2.05, 4.69) is 5.32 Å². The Morgan fingerprint density at radius 3 is 2.13 bits per heavy atom. The summed E-state index contributed by atoms with van der Waals surface area (Å²) in [6.07, 6.45) is 0. The van der Waals surface area contributed by atoms with E-state index in [0.29, 0.717) is 11.5 Å². The summed E-state index contributed by atoms with van der Waals surface area (Å²) >= 11 is 0. The summed E-state index contributed by atoms with van der Waals surface area (Å²) in [7, 11) is 1.58. The number of benzene rings is 2. The van der Waals surface area contributed by atoms with E-state index >= 15 is 0 Å².